The van der Waals surface area contributed by atoms with Crippen LogP contribution >= 0.6 is 28.1 Å². The Labute approximate surface area is 123 Å². The first-order valence-electron chi connectivity index (χ1n) is 6.19. The molecular formula is C13H14BrFN2OS. The maximum atomic E-state index is 13.8. The Morgan fingerprint density at radius 1 is 1.53 bits per heavy atom. The summed E-state index contributed by atoms with van der Waals surface area (Å²) >= 11 is 8.60. The van der Waals surface area contributed by atoms with E-state index in [-0.39, 0.29) is 11.4 Å². The lowest BCUT2D eigenvalue weighted by Crippen LogP contribution is -2.39. The average molecular weight is 345 g/mol. The molecule has 0 saturated carbocycles. The van der Waals surface area contributed by atoms with E-state index in [0.717, 1.165) is 30.5 Å². The fourth-order valence-electron chi connectivity index (χ4n) is 2.73. The molecule has 0 amide bonds. The lowest BCUT2D eigenvalue weighted by molar-refractivity contribution is 0.0108. The molecule has 1 fully saturated rings. The van der Waals surface area contributed by atoms with E-state index in [1.165, 1.54) is 6.07 Å². The first-order chi connectivity index (χ1) is 9.01. The van der Waals surface area contributed by atoms with E-state index in [4.69, 9.17) is 17.0 Å². The van der Waals surface area contributed by atoms with E-state index in [0.29, 0.717) is 15.9 Å². The molecule has 0 spiro atoms. The second-order valence-electron chi connectivity index (χ2n) is 5.20. The van der Waals surface area contributed by atoms with Crippen molar-refractivity contribution in [1.29, 1.82) is 0 Å². The Hall–Kier alpha value is -0.720. The minimum Gasteiger partial charge on any atom is -0.379 e. The summed E-state index contributed by atoms with van der Waals surface area (Å²) in [5.74, 6) is -0.282. The highest BCUT2D eigenvalue weighted by molar-refractivity contribution is 9.10. The molecule has 1 aliphatic rings. The molecule has 1 aromatic heterocycles. The molecule has 3 rings (SSSR count). The third-order valence-corrected chi connectivity index (χ3v) is 4.57. The van der Waals surface area contributed by atoms with Gasteiger partial charge in [-0.1, -0.05) is 0 Å². The monoisotopic (exact) mass is 344 g/mol. The minimum absolute atomic E-state index is 0.214. The van der Waals surface area contributed by atoms with Gasteiger partial charge in [0.15, 0.2) is 4.77 Å². The fourth-order valence-corrected chi connectivity index (χ4v) is 3.51. The molecule has 102 valence electrons. The zero-order valence-corrected chi connectivity index (χ0v) is 12.9. The number of aromatic amines is 1. The van der Waals surface area contributed by atoms with E-state index >= 15 is 0 Å². The van der Waals surface area contributed by atoms with Crippen LogP contribution < -0.4 is 0 Å². The normalized spacial score (nSPS) is 23.9. The number of nitrogens with one attached hydrogen (secondary N) is 1. The molecule has 0 aliphatic carbocycles. The van der Waals surface area contributed by atoms with Gasteiger partial charge in [0.1, 0.15) is 5.82 Å². The zero-order valence-electron chi connectivity index (χ0n) is 10.5. The van der Waals surface area contributed by atoms with Crippen LogP contribution in [0.15, 0.2) is 16.6 Å². The molecule has 1 aliphatic heterocycles. The minimum atomic E-state index is -0.282. The van der Waals surface area contributed by atoms with Crippen molar-refractivity contribution in [1.82, 2.24) is 9.55 Å². The van der Waals surface area contributed by atoms with Gasteiger partial charge in [0.05, 0.1) is 27.7 Å². The molecule has 6 heteroatoms. The number of ether oxygens (including phenoxy) is 1. The topological polar surface area (TPSA) is 29.9 Å². The summed E-state index contributed by atoms with van der Waals surface area (Å²) in [6.45, 7) is 3.49. The summed E-state index contributed by atoms with van der Waals surface area (Å²) < 4.78 is 22.4. The van der Waals surface area contributed by atoms with Gasteiger partial charge >= 0.3 is 0 Å². The molecule has 1 N–H and O–H groups in total. The summed E-state index contributed by atoms with van der Waals surface area (Å²) in [6.07, 6.45) is 1.97. The van der Waals surface area contributed by atoms with Crippen LogP contribution in [0.1, 0.15) is 19.8 Å². The quantitative estimate of drug-likeness (QED) is 0.788. The molecule has 1 aromatic carbocycles. The van der Waals surface area contributed by atoms with Crippen molar-refractivity contribution in [2.75, 3.05) is 13.2 Å². The van der Waals surface area contributed by atoms with Crippen molar-refractivity contribution in [3.05, 3.63) is 27.2 Å². The molecule has 19 heavy (non-hydrogen) atoms. The number of aromatic nitrogens is 2. The highest BCUT2D eigenvalue weighted by Gasteiger charge is 2.31. The van der Waals surface area contributed by atoms with Gasteiger partial charge in [-0.15, -0.1) is 0 Å². The molecule has 1 saturated heterocycles. The van der Waals surface area contributed by atoms with Crippen LogP contribution in [0, 0.1) is 10.6 Å². The summed E-state index contributed by atoms with van der Waals surface area (Å²) in [6, 6.07) is 3.25. The number of rotatable bonds is 1. The largest absolute Gasteiger partial charge is 0.379 e. The standard InChI is InChI=1S/C13H14BrFN2OS/c1-13(3-2-4-18-7-13)17-11-6-9(15)8(14)5-10(11)16-12(17)19/h5-6H,2-4,7H2,1H3,(H,16,19). The Balaban J connectivity index is 2.25. The number of nitrogens with zero attached hydrogens (tertiary/aromatic N) is 1. The van der Waals surface area contributed by atoms with Crippen molar-refractivity contribution >= 4 is 39.2 Å². The number of hydrogen-bond donors (Lipinski definition) is 1. The maximum absolute atomic E-state index is 13.8. The molecule has 3 nitrogen and oxygen atoms in total. The Kier molecular flexibility index (Phi) is 3.27. The Morgan fingerprint density at radius 2 is 2.32 bits per heavy atom. The van der Waals surface area contributed by atoms with E-state index in [9.17, 15) is 4.39 Å². The molecular weight excluding hydrogens is 331 g/mol. The van der Waals surface area contributed by atoms with Crippen LogP contribution in [0.2, 0.25) is 0 Å². The van der Waals surface area contributed by atoms with Gasteiger partial charge in [0.25, 0.3) is 0 Å². The van der Waals surface area contributed by atoms with Crippen LogP contribution in [0.3, 0.4) is 0 Å². The Bertz CT molecular complexity index is 688. The fraction of sp³-hybridized carbons (Fsp3) is 0.462. The van der Waals surface area contributed by atoms with Crippen LogP contribution in [0.5, 0.6) is 0 Å². The molecule has 0 radical (unpaired) electrons. The molecule has 2 aromatic rings. The molecule has 2 heterocycles. The third-order valence-electron chi connectivity index (χ3n) is 3.68. The second kappa shape index (κ2) is 4.68. The number of fused-ring (bicyclic) bond motifs is 1. The zero-order chi connectivity index (χ0) is 13.6. The smallest absolute Gasteiger partial charge is 0.178 e. The maximum Gasteiger partial charge on any atom is 0.178 e. The molecule has 0 bridgehead atoms. The van der Waals surface area contributed by atoms with Crippen molar-refractivity contribution in [3.8, 4) is 0 Å². The van der Waals surface area contributed by atoms with E-state index in [1.807, 2.05) is 4.57 Å². The Morgan fingerprint density at radius 3 is 3.00 bits per heavy atom. The van der Waals surface area contributed by atoms with E-state index in [2.05, 4.69) is 27.8 Å². The van der Waals surface area contributed by atoms with Gasteiger partial charge < -0.3 is 14.3 Å². The lowest BCUT2D eigenvalue weighted by atomic mass is 9.94. The van der Waals surface area contributed by atoms with Crippen LogP contribution in [-0.4, -0.2) is 22.8 Å². The van der Waals surface area contributed by atoms with Gasteiger partial charge in [-0.25, -0.2) is 4.39 Å². The van der Waals surface area contributed by atoms with Gasteiger partial charge in [0, 0.05) is 12.7 Å². The van der Waals surface area contributed by atoms with Crippen LogP contribution in [0.4, 0.5) is 4.39 Å². The summed E-state index contributed by atoms with van der Waals surface area (Å²) in [5, 5.41) is 0. The molecule has 1 atom stereocenters. The van der Waals surface area contributed by atoms with Gasteiger partial charge in [-0.05, 0) is 54.0 Å². The number of benzene rings is 1. The second-order valence-corrected chi connectivity index (χ2v) is 6.44. The summed E-state index contributed by atoms with van der Waals surface area (Å²) in [5.41, 5.74) is 1.41. The number of hydrogen-bond acceptors (Lipinski definition) is 2. The van der Waals surface area contributed by atoms with Gasteiger partial charge in [0.2, 0.25) is 0 Å². The van der Waals surface area contributed by atoms with E-state index in [1.54, 1.807) is 6.07 Å². The van der Waals surface area contributed by atoms with Crippen molar-refractivity contribution in [2.45, 2.75) is 25.3 Å². The predicted octanol–water partition coefficient (Wildman–Crippen LogP) is 4.13. The van der Waals surface area contributed by atoms with Gasteiger partial charge in [-0.2, -0.15) is 0 Å². The average Bonchev–Trinajstić information content (AvgIpc) is 2.67. The highest BCUT2D eigenvalue weighted by Crippen LogP contribution is 2.32. The summed E-state index contributed by atoms with van der Waals surface area (Å²) in [4.78, 5) is 3.14. The van der Waals surface area contributed by atoms with Crippen LogP contribution in [0.25, 0.3) is 11.0 Å². The number of imidazole rings is 1. The first-order valence-corrected chi connectivity index (χ1v) is 7.39. The first kappa shape index (κ1) is 13.3. The van der Waals surface area contributed by atoms with Gasteiger partial charge in [-0.3, -0.25) is 0 Å². The number of H-pyrrole nitrogens is 1. The van der Waals surface area contributed by atoms with E-state index < -0.39 is 0 Å². The third kappa shape index (κ3) is 2.15. The van der Waals surface area contributed by atoms with Crippen molar-refractivity contribution in [2.24, 2.45) is 0 Å². The molecule has 1 unspecified atom stereocenters. The van der Waals surface area contributed by atoms with Crippen LogP contribution in [-0.2, 0) is 10.3 Å². The number of halogens is 2. The predicted molar refractivity (Wildman–Crippen MR) is 78.5 cm³/mol. The lowest BCUT2D eigenvalue weighted by Gasteiger charge is -2.35. The summed E-state index contributed by atoms with van der Waals surface area (Å²) in [7, 11) is 0. The SMILES string of the molecule is CC1(n2c(=S)[nH]c3cc(Br)c(F)cc32)CCCOC1. The van der Waals surface area contributed by atoms with Crippen molar-refractivity contribution < 1.29 is 9.13 Å². The van der Waals surface area contributed by atoms with Crippen molar-refractivity contribution in [3.63, 3.8) is 0 Å². The highest BCUT2D eigenvalue weighted by atomic mass is 79.9.